The van der Waals surface area contributed by atoms with Gasteiger partial charge >= 0.3 is 5.97 Å². The number of esters is 1. The number of pyridine rings is 2. The van der Waals surface area contributed by atoms with Crippen LogP contribution in [0.15, 0.2) is 66.2 Å². The monoisotopic (exact) mass is 403 g/mol. The van der Waals surface area contributed by atoms with Gasteiger partial charge in [0.1, 0.15) is 4.83 Å². The van der Waals surface area contributed by atoms with Crippen LogP contribution in [0.2, 0.25) is 0 Å². The van der Waals surface area contributed by atoms with Crippen LogP contribution in [0.25, 0.3) is 21.3 Å². The maximum atomic E-state index is 12.0. The van der Waals surface area contributed by atoms with Gasteiger partial charge in [-0.2, -0.15) is 0 Å². The molecule has 3 aromatic heterocycles. The first kappa shape index (κ1) is 19.1. The third-order valence-corrected chi connectivity index (χ3v) is 5.37. The fourth-order valence-corrected chi connectivity index (χ4v) is 4.19. The highest BCUT2D eigenvalue weighted by Crippen LogP contribution is 2.38. The topological polar surface area (TPSA) is 64.1 Å². The molecule has 29 heavy (non-hydrogen) atoms. The van der Waals surface area contributed by atoms with E-state index in [2.05, 4.69) is 27.8 Å². The van der Waals surface area contributed by atoms with Gasteiger partial charge in [0.05, 0.1) is 31.0 Å². The lowest BCUT2D eigenvalue weighted by molar-refractivity contribution is -0.142. The van der Waals surface area contributed by atoms with Crippen molar-refractivity contribution in [1.82, 2.24) is 9.97 Å². The molecule has 1 aromatic carbocycles. The number of aromatic nitrogens is 2. The summed E-state index contributed by atoms with van der Waals surface area (Å²) in [6, 6.07) is 18.1. The number of anilines is 1. The van der Waals surface area contributed by atoms with Crippen molar-refractivity contribution in [1.29, 1.82) is 0 Å². The Bertz CT molecular complexity index is 1110. The summed E-state index contributed by atoms with van der Waals surface area (Å²) >= 11 is 1.58. The number of ether oxygens (including phenoxy) is 1. The molecule has 0 saturated carbocycles. The highest BCUT2D eigenvalue weighted by molar-refractivity contribution is 7.17. The number of nitrogens with zero attached hydrogens (tertiary/aromatic N) is 2. The maximum absolute atomic E-state index is 12.0. The second-order valence-corrected chi connectivity index (χ2v) is 7.37. The van der Waals surface area contributed by atoms with E-state index in [9.17, 15) is 4.79 Å². The van der Waals surface area contributed by atoms with E-state index in [4.69, 9.17) is 9.72 Å². The lowest BCUT2D eigenvalue weighted by atomic mass is 10.0. The largest absolute Gasteiger partial charge is 0.466 e. The van der Waals surface area contributed by atoms with Crippen molar-refractivity contribution in [3.8, 4) is 11.1 Å². The van der Waals surface area contributed by atoms with E-state index in [1.54, 1.807) is 24.5 Å². The van der Waals surface area contributed by atoms with Gasteiger partial charge in [0.15, 0.2) is 0 Å². The molecule has 0 spiro atoms. The normalized spacial score (nSPS) is 10.8. The Hall–Kier alpha value is -3.25. The molecule has 0 fully saturated rings. The Morgan fingerprint density at radius 3 is 2.69 bits per heavy atom. The minimum Gasteiger partial charge on any atom is -0.466 e. The van der Waals surface area contributed by atoms with Crippen LogP contribution in [0.3, 0.4) is 0 Å². The predicted octanol–water partition coefficient (Wildman–Crippen LogP) is 5.08. The zero-order chi connectivity index (χ0) is 20.1. The molecule has 0 radical (unpaired) electrons. The van der Waals surface area contributed by atoms with Crippen molar-refractivity contribution in [3.63, 3.8) is 0 Å². The Balaban J connectivity index is 1.74. The Morgan fingerprint density at radius 1 is 1.10 bits per heavy atom. The summed E-state index contributed by atoms with van der Waals surface area (Å²) in [6.45, 7) is 2.76. The minimum absolute atomic E-state index is 0.153. The molecular formula is C23H21N3O2S. The van der Waals surface area contributed by atoms with E-state index in [1.807, 2.05) is 42.5 Å². The second-order valence-electron chi connectivity index (χ2n) is 6.51. The van der Waals surface area contributed by atoms with E-state index in [0.717, 1.165) is 32.7 Å². The molecule has 0 amide bonds. The van der Waals surface area contributed by atoms with Gasteiger partial charge in [-0.15, -0.1) is 11.3 Å². The molecule has 3 heterocycles. The minimum atomic E-state index is -0.269. The average Bonchev–Trinajstić information content (AvgIpc) is 3.18. The third kappa shape index (κ3) is 4.43. The van der Waals surface area contributed by atoms with Gasteiger partial charge in [0.2, 0.25) is 0 Å². The van der Waals surface area contributed by atoms with Crippen molar-refractivity contribution in [2.75, 3.05) is 11.9 Å². The van der Waals surface area contributed by atoms with Gasteiger partial charge in [0, 0.05) is 28.2 Å². The predicted molar refractivity (Wildman–Crippen MR) is 117 cm³/mol. The van der Waals surface area contributed by atoms with Crippen molar-refractivity contribution in [3.05, 3.63) is 77.6 Å². The Labute approximate surface area is 173 Å². The van der Waals surface area contributed by atoms with Crippen molar-refractivity contribution >= 4 is 33.2 Å². The second kappa shape index (κ2) is 8.84. The highest BCUT2D eigenvalue weighted by Gasteiger charge is 2.16. The summed E-state index contributed by atoms with van der Waals surface area (Å²) in [6.07, 6.45) is 1.94. The number of hydrogen-bond acceptors (Lipinski definition) is 6. The summed E-state index contributed by atoms with van der Waals surface area (Å²) < 4.78 is 5.10. The number of fused-ring (bicyclic) bond motifs is 1. The molecule has 0 aliphatic rings. The van der Waals surface area contributed by atoms with Crippen molar-refractivity contribution in [2.45, 2.75) is 19.9 Å². The number of thiophene rings is 1. The fraction of sp³-hybridized carbons (Fsp3) is 0.174. The number of carbonyl (C=O) groups excluding carboxylic acids is 1. The van der Waals surface area contributed by atoms with Crippen LogP contribution in [0.5, 0.6) is 0 Å². The molecule has 6 heteroatoms. The van der Waals surface area contributed by atoms with Gasteiger partial charge in [-0.25, -0.2) is 4.98 Å². The summed E-state index contributed by atoms with van der Waals surface area (Å²) in [5.41, 5.74) is 4.85. The first-order valence-corrected chi connectivity index (χ1v) is 10.4. The molecule has 0 aliphatic carbocycles. The quantitative estimate of drug-likeness (QED) is 0.436. The fourth-order valence-electron chi connectivity index (χ4n) is 3.20. The Morgan fingerprint density at radius 2 is 1.93 bits per heavy atom. The summed E-state index contributed by atoms with van der Waals surface area (Å²) in [5.74, 6) is -0.269. The average molecular weight is 404 g/mol. The standard InChI is InChI=1S/C23H21N3O2S/c1-2-28-21(27)13-18-12-20(25-14-17-10-6-7-11-24-17)22-19(15-29-23(22)26-18)16-8-4-3-5-9-16/h3-12,15H,2,13-14H2,1H3,(H,25,26). The molecule has 0 aliphatic heterocycles. The van der Waals surface area contributed by atoms with Crippen LogP contribution in [0, 0.1) is 0 Å². The lowest BCUT2D eigenvalue weighted by Gasteiger charge is -2.12. The highest BCUT2D eigenvalue weighted by atomic mass is 32.1. The molecule has 0 saturated heterocycles. The summed E-state index contributed by atoms with van der Waals surface area (Å²) in [7, 11) is 0. The summed E-state index contributed by atoms with van der Waals surface area (Å²) in [4.78, 5) is 22.0. The van der Waals surface area contributed by atoms with Crippen molar-refractivity contribution < 1.29 is 9.53 Å². The van der Waals surface area contributed by atoms with E-state index in [0.29, 0.717) is 18.8 Å². The van der Waals surface area contributed by atoms with Crippen molar-refractivity contribution in [2.24, 2.45) is 0 Å². The van der Waals surface area contributed by atoms with Gasteiger partial charge in [0.25, 0.3) is 0 Å². The molecule has 4 rings (SSSR count). The SMILES string of the molecule is CCOC(=O)Cc1cc(NCc2ccccn2)c2c(-c3ccccc3)csc2n1. The molecule has 0 bridgehead atoms. The molecule has 5 nitrogen and oxygen atoms in total. The van der Waals surface area contributed by atoms with Crippen LogP contribution in [0.4, 0.5) is 5.69 Å². The lowest BCUT2D eigenvalue weighted by Crippen LogP contribution is -2.09. The van der Waals surface area contributed by atoms with E-state index in [1.165, 1.54) is 0 Å². The van der Waals surface area contributed by atoms with E-state index in [-0.39, 0.29) is 12.4 Å². The Kier molecular flexibility index (Phi) is 5.81. The van der Waals surface area contributed by atoms with E-state index < -0.39 is 0 Å². The van der Waals surface area contributed by atoms with E-state index >= 15 is 0 Å². The first-order chi connectivity index (χ1) is 14.2. The molecule has 0 atom stereocenters. The molecule has 146 valence electrons. The maximum Gasteiger partial charge on any atom is 0.311 e. The van der Waals surface area contributed by atoms with Crippen LogP contribution < -0.4 is 5.32 Å². The number of benzene rings is 1. The van der Waals surface area contributed by atoms with Crippen LogP contribution in [0.1, 0.15) is 18.3 Å². The molecular weight excluding hydrogens is 382 g/mol. The zero-order valence-electron chi connectivity index (χ0n) is 16.1. The van der Waals surface area contributed by atoms with Crippen LogP contribution in [-0.2, 0) is 22.5 Å². The zero-order valence-corrected chi connectivity index (χ0v) is 16.9. The number of rotatable bonds is 7. The van der Waals surface area contributed by atoms with Crippen LogP contribution in [-0.4, -0.2) is 22.5 Å². The third-order valence-electron chi connectivity index (χ3n) is 4.50. The van der Waals surface area contributed by atoms with Gasteiger partial charge < -0.3 is 10.1 Å². The number of carbonyl (C=O) groups is 1. The smallest absolute Gasteiger partial charge is 0.311 e. The molecule has 0 unspecified atom stereocenters. The first-order valence-electron chi connectivity index (χ1n) is 9.50. The number of nitrogens with one attached hydrogen (secondary N) is 1. The van der Waals surface area contributed by atoms with Crippen LogP contribution >= 0.6 is 11.3 Å². The molecule has 1 N–H and O–H groups in total. The summed E-state index contributed by atoms with van der Waals surface area (Å²) in [5, 5.41) is 6.68. The van der Waals surface area contributed by atoms with Gasteiger partial charge in [-0.05, 0) is 30.7 Å². The van der Waals surface area contributed by atoms with Gasteiger partial charge in [-0.3, -0.25) is 9.78 Å². The van der Waals surface area contributed by atoms with Gasteiger partial charge in [-0.1, -0.05) is 36.4 Å². The number of hydrogen-bond donors (Lipinski definition) is 1. The molecule has 4 aromatic rings.